The number of benzene rings is 1. The number of primary amides is 1. The lowest BCUT2D eigenvalue weighted by Gasteiger charge is -2.36. The maximum Gasteiger partial charge on any atom is 0.220 e. The first-order chi connectivity index (χ1) is 12.0. The van der Waals surface area contributed by atoms with Gasteiger partial charge in [0.2, 0.25) is 5.91 Å². The zero-order chi connectivity index (χ0) is 18.0. The fraction of sp³-hybridized carbons (Fsp3) is 0.556. The Labute approximate surface area is 148 Å². The minimum Gasteiger partial charge on any atom is -0.369 e. The number of aryl methyl sites for hydroxylation is 1. The number of aromatic nitrogens is 4. The maximum atomic E-state index is 11.5. The van der Waals surface area contributed by atoms with Crippen molar-refractivity contribution in [1.82, 2.24) is 25.1 Å². The number of likely N-dealkylation sites (tertiary alicyclic amines) is 1. The molecule has 25 heavy (non-hydrogen) atoms. The van der Waals surface area contributed by atoms with Crippen LogP contribution in [0.15, 0.2) is 24.3 Å². The number of hydrogen-bond donors (Lipinski definition) is 1. The van der Waals surface area contributed by atoms with Gasteiger partial charge in [-0.1, -0.05) is 29.8 Å². The Bertz CT molecular complexity index is 715. The summed E-state index contributed by atoms with van der Waals surface area (Å²) in [4.78, 5) is 13.8. The van der Waals surface area contributed by atoms with Crippen LogP contribution in [0.5, 0.6) is 0 Å². The van der Waals surface area contributed by atoms with Crippen LogP contribution < -0.4 is 5.73 Å². The van der Waals surface area contributed by atoms with Crippen LogP contribution >= 0.6 is 0 Å². The molecule has 1 aliphatic rings. The summed E-state index contributed by atoms with van der Waals surface area (Å²) < 4.78 is 1.88. The van der Waals surface area contributed by atoms with Gasteiger partial charge in [0.1, 0.15) is 0 Å². The monoisotopic (exact) mass is 342 g/mol. The topological polar surface area (TPSA) is 89.9 Å². The number of rotatable bonds is 5. The van der Waals surface area contributed by atoms with Crippen molar-refractivity contribution in [3.05, 3.63) is 41.2 Å². The molecule has 1 aliphatic heterocycles. The highest BCUT2D eigenvalue weighted by atomic mass is 16.1. The van der Waals surface area contributed by atoms with E-state index in [0.29, 0.717) is 0 Å². The molecule has 0 bridgehead atoms. The van der Waals surface area contributed by atoms with E-state index in [1.165, 1.54) is 11.1 Å². The second kappa shape index (κ2) is 7.31. The van der Waals surface area contributed by atoms with Crippen molar-refractivity contribution in [2.75, 3.05) is 13.1 Å². The van der Waals surface area contributed by atoms with Crippen molar-refractivity contribution in [2.45, 2.75) is 45.7 Å². The first-order valence-corrected chi connectivity index (χ1v) is 8.85. The molecule has 134 valence electrons. The molecule has 1 atom stereocenters. The number of carbonyl (C=O) groups excluding carboxylic acids is 1. The normalized spacial score (nSPS) is 17.8. The average Bonchev–Trinajstić information content (AvgIpc) is 3.07. The molecule has 1 aromatic carbocycles. The van der Waals surface area contributed by atoms with Gasteiger partial charge >= 0.3 is 0 Å². The third-order valence-corrected chi connectivity index (χ3v) is 4.94. The SMILES string of the molecule is Cc1ccc(C(c2nnnn2C(C)C)N2CCC(C(N)=O)CC2)cc1. The highest BCUT2D eigenvalue weighted by Gasteiger charge is 2.32. The molecule has 3 rings (SSSR count). The summed E-state index contributed by atoms with van der Waals surface area (Å²) in [7, 11) is 0. The molecule has 1 amide bonds. The number of carbonyl (C=O) groups is 1. The van der Waals surface area contributed by atoms with Crippen molar-refractivity contribution >= 4 is 5.91 Å². The summed E-state index contributed by atoms with van der Waals surface area (Å²) in [6.07, 6.45) is 1.56. The largest absolute Gasteiger partial charge is 0.369 e. The van der Waals surface area contributed by atoms with E-state index in [9.17, 15) is 4.79 Å². The van der Waals surface area contributed by atoms with E-state index in [-0.39, 0.29) is 23.9 Å². The van der Waals surface area contributed by atoms with Gasteiger partial charge in [-0.2, -0.15) is 0 Å². The van der Waals surface area contributed by atoms with Crippen LogP contribution in [0.4, 0.5) is 0 Å². The predicted molar refractivity (Wildman–Crippen MR) is 94.7 cm³/mol. The van der Waals surface area contributed by atoms with Gasteiger partial charge in [-0.05, 0) is 62.7 Å². The second-order valence-electron chi connectivity index (χ2n) is 7.10. The van der Waals surface area contributed by atoms with Crippen molar-refractivity contribution < 1.29 is 4.79 Å². The summed E-state index contributed by atoms with van der Waals surface area (Å²) in [5, 5.41) is 12.4. The summed E-state index contributed by atoms with van der Waals surface area (Å²) in [6, 6.07) is 8.66. The summed E-state index contributed by atoms with van der Waals surface area (Å²) in [6.45, 7) is 7.83. The van der Waals surface area contributed by atoms with Crippen LogP contribution in [-0.4, -0.2) is 44.1 Å². The quantitative estimate of drug-likeness (QED) is 0.895. The van der Waals surface area contributed by atoms with E-state index >= 15 is 0 Å². The van der Waals surface area contributed by atoms with Crippen molar-refractivity contribution in [1.29, 1.82) is 0 Å². The molecule has 7 heteroatoms. The number of tetrazole rings is 1. The Morgan fingerprint density at radius 3 is 2.40 bits per heavy atom. The van der Waals surface area contributed by atoms with Gasteiger partial charge in [-0.15, -0.1) is 5.10 Å². The molecule has 1 aromatic heterocycles. The van der Waals surface area contributed by atoms with Crippen molar-refractivity contribution in [3.8, 4) is 0 Å². The minimum absolute atomic E-state index is 0.0215. The molecule has 1 unspecified atom stereocenters. The Balaban J connectivity index is 1.94. The van der Waals surface area contributed by atoms with Crippen molar-refractivity contribution in [2.24, 2.45) is 11.7 Å². The zero-order valence-corrected chi connectivity index (χ0v) is 15.1. The first-order valence-electron chi connectivity index (χ1n) is 8.85. The fourth-order valence-electron chi connectivity index (χ4n) is 3.46. The summed E-state index contributed by atoms with van der Waals surface area (Å²) in [5.41, 5.74) is 7.87. The van der Waals surface area contributed by atoms with Gasteiger partial charge in [0.25, 0.3) is 0 Å². The van der Waals surface area contributed by atoms with Gasteiger partial charge in [-0.3, -0.25) is 9.69 Å². The molecule has 1 fully saturated rings. The van der Waals surface area contributed by atoms with E-state index in [1.54, 1.807) is 0 Å². The Hall–Kier alpha value is -2.28. The van der Waals surface area contributed by atoms with Gasteiger partial charge in [0, 0.05) is 5.92 Å². The lowest BCUT2D eigenvalue weighted by Crippen LogP contribution is -2.41. The number of piperidine rings is 1. The maximum absolute atomic E-state index is 11.5. The molecule has 1 saturated heterocycles. The van der Waals surface area contributed by atoms with E-state index in [0.717, 1.165) is 31.8 Å². The summed E-state index contributed by atoms with van der Waals surface area (Å²) >= 11 is 0. The van der Waals surface area contributed by atoms with Crippen LogP contribution in [-0.2, 0) is 4.79 Å². The molecule has 2 N–H and O–H groups in total. The Morgan fingerprint density at radius 1 is 1.20 bits per heavy atom. The summed E-state index contributed by atoms with van der Waals surface area (Å²) in [5.74, 6) is 0.617. The molecule has 2 aromatic rings. The predicted octanol–water partition coefficient (Wildman–Crippen LogP) is 1.85. The number of nitrogens with zero attached hydrogens (tertiary/aromatic N) is 5. The van der Waals surface area contributed by atoms with E-state index < -0.39 is 0 Å². The molecule has 0 spiro atoms. The third-order valence-electron chi connectivity index (χ3n) is 4.94. The smallest absolute Gasteiger partial charge is 0.220 e. The van der Waals surface area contributed by atoms with Crippen LogP contribution in [0.1, 0.15) is 55.7 Å². The highest BCUT2D eigenvalue weighted by Crippen LogP contribution is 2.32. The fourth-order valence-corrected chi connectivity index (χ4v) is 3.46. The molecule has 2 heterocycles. The van der Waals surface area contributed by atoms with Crippen LogP contribution in [0.3, 0.4) is 0 Å². The van der Waals surface area contributed by atoms with Gasteiger partial charge in [0.05, 0.1) is 12.1 Å². The van der Waals surface area contributed by atoms with E-state index in [2.05, 4.69) is 65.5 Å². The number of amides is 1. The number of nitrogens with two attached hydrogens (primary N) is 1. The first kappa shape index (κ1) is 17.5. The molecule has 7 nitrogen and oxygen atoms in total. The van der Waals surface area contributed by atoms with E-state index in [4.69, 9.17) is 5.73 Å². The molecule has 0 radical (unpaired) electrons. The van der Waals surface area contributed by atoms with Gasteiger partial charge in [0.15, 0.2) is 5.82 Å². The van der Waals surface area contributed by atoms with Crippen LogP contribution in [0.25, 0.3) is 0 Å². The minimum atomic E-state index is -0.196. The molecule has 0 saturated carbocycles. The second-order valence-corrected chi connectivity index (χ2v) is 7.10. The van der Waals surface area contributed by atoms with Gasteiger partial charge in [-0.25, -0.2) is 4.68 Å². The lowest BCUT2D eigenvalue weighted by molar-refractivity contribution is -0.123. The lowest BCUT2D eigenvalue weighted by atomic mass is 9.93. The average molecular weight is 342 g/mol. The molecular weight excluding hydrogens is 316 g/mol. The van der Waals surface area contributed by atoms with Crippen LogP contribution in [0, 0.1) is 12.8 Å². The zero-order valence-electron chi connectivity index (χ0n) is 15.1. The Morgan fingerprint density at radius 2 is 1.84 bits per heavy atom. The van der Waals surface area contributed by atoms with Gasteiger partial charge < -0.3 is 5.73 Å². The standard InChI is InChI=1S/C18H26N6O/c1-12(2)24-18(20-21-22-24)16(14-6-4-13(3)5-7-14)23-10-8-15(9-11-23)17(19)25/h4-7,12,15-16H,8-11H2,1-3H3,(H2,19,25). The number of hydrogen-bond acceptors (Lipinski definition) is 5. The third kappa shape index (κ3) is 3.71. The highest BCUT2D eigenvalue weighted by molar-refractivity contribution is 5.76. The van der Waals surface area contributed by atoms with E-state index in [1.807, 2.05) is 4.68 Å². The van der Waals surface area contributed by atoms with Crippen LogP contribution in [0.2, 0.25) is 0 Å². The van der Waals surface area contributed by atoms with Crippen molar-refractivity contribution in [3.63, 3.8) is 0 Å². The Kier molecular flexibility index (Phi) is 5.13. The molecule has 0 aliphatic carbocycles. The molecular formula is C18H26N6O.